The molecular formula is C32H33N2+. The van der Waals surface area contributed by atoms with Crippen molar-refractivity contribution in [1.82, 2.24) is 4.40 Å². The van der Waals surface area contributed by atoms with Crippen molar-refractivity contribution in [2.75, 3.05) is 0 Å². The van der Waals surface area contributed by atoms with Gasteiger partial charge in [-0.1, -0.05) is 57.0 Å². The molecule has 1 aliphatic rings. The fourth-order valence-corrected chi connectivity index (χ4v) is 6.88. The molecule has 3 heterocycles. The van der Waals surface area contributed by atoms with Gasteiger partial charge in [0.2, 0.25) is 5.52 Å². The number of nitrogens with zero attached hydrogens (tertiary/aromatic N) is 2. The molecule has 2 nitrogen and oxygen atoms in total. The van der Waals surface area contributed by atoms with Gasteiger partial charge in [-0.25, -0.2) is 4.57 Å². The molecule has 0 amide bonds. The summed E-state index contributed by atoms with van der Waals surface area (Å²) >= 11 is 0. The first-order valence-corrected chi connectivity index (χ1v) is 13.0. The number of aryl methyl sites for hydroxylation is 2. The molecule has 6 aromatic rings. The molecule has 34 heavy (non-hydrogen) atoms. The molecule has 2 heteroatoms. The Morgan fingerprint density at radius 2 is 1.71 bits per heavy atom. The van der Waals surface area contributed by atoms with E-state index in [1.807, 2.05) is 0 Å². The largest absolute Gasteiger partial charge is 0.307 e. The zero-order valence-electron chi connectivity index (χ0n) is 20.8. The van der Waals surface area contributed by atoms with E-state index >= 15 is 0 Å². The Kier molecular flexibility index (Phi) is 4.28. The van der Waals surface area contributed by atoms with Crippen LogP contribution in [0.4, 0.5) is 0 Å². The van der Waals surface area contributed by atoms with Gasteiger partial charge < -0.3 is 4.40 Å². The second kappa shape index (κ2) is 7.18. The molecule has 1 saturated carbocycles. The van der Waals surface area contributed by atoms with E-state index in [9.17, 15) is 0 Å². The van der Waals surface area contributed by atoms with Crippen LogP contribution in [0, 0.1) is 12.8 Å². The van der Waals surface area contributed by atoms with Crippen molar-refractivity contribution in [2.24, 2.45) is 13.0 Å². The van der Waals surface area contributed by atoms with E-state index in [0.717, 1.165) is 6.42 Å². The smallest absolute Gasteiger partial charge is 0.224 e. The first-order valence-electron chi connectivity index (χ1n) is 13.0. The van der Waals surface area contributed by atoms with E-state index in [1.165, 1.54) is 91.4 Å². The van der Waals surface area contributed by atoms with Crippen LogP contribution >= 0.6 is 0 Å². The third-order valence-electron chi connectivity index (χ3n) is 8.39. The second-order valence-corrected chi connectivity index (χ2v) is 11.2. The van der Waals surface area contributed by atoms with Crippen LogP contribution in [0.1, 0.15) is 62.1 Å². The minimum Gasteiger partial charge on any atom is -0.307 e. The lowest BCUT2D eigenvalue weighted by molar-refractivity contribution is -0.643. The molecule has 0 unspecified atom stereocenters. The van der Waals surface area contributed by atoms with Gasteiger partial charge in [0.25, 0.3) is 0 Å². The SMILES string of the molecule is Cc1ccc2c3ccc(CC(C)C)cc3n3c4cc(C5CCCC5)cc5cc[n+](C)c(c1c23)c54. The van der Waals surface area contributed by atoms with Crippen LogP contribution in [0.5, 0.6) is 0 Å². The number of pyridine rings is 2. The summed E-state index contributed by atoms with van der Waals surface area (Å²) in [6.45, 7) is 6.90. The predicted molar refractivity (Wildman–Crippen MR) is 144 cm³/mol. The molecule has 3 aromatic heterocycles. The maximum absolute atomic E-state index is 2.62. The highest BCUT2D eigenvalue weighted by molar-refractivity contribution is 6.25. The molecular weight excluding hydrogens is 412 g/mol. The van der Waals surface area contributed by atoms with E-state index < -0.39 is 0 Å². The highest BCUT2D eigenvalue weighted by Crippen LogP contribution is 2.43. The second-order valence-electron chi connectivity index (χ2n) is 11.2. The van der Waals surface area contributed by atoms with Crippen LogP contribution in [0.3, 0.4) is 0 Å². The third kappa shape index (κ3) is 2.72. The lowest BCUT2D eigenvalue weighted by Gasteiger charge is -2.16. The van der Waals surface area contributed by atoms with Crippen LogP contribution in [-0.4, -0.2) is 4.40 Å². The Hall–Kier alpha value is -3.13. The van der Waals surface area contributed by atoms with Crippen molar-refractivity contribution in [3.05, 3.63) is 71.4 Å². The lowest BCUT2D eigenvalue weighted by atomic mass is 9.92. The predicted octanol–water partition coefficient (Wildman–Crippen LogP) is 7.98. The minimum absolute atomic E-state index is 0.651. The molecule has 0 aliphatic heterocycles. The van der Waals surface area contributed by atoms with Crippen LogP contribution < -0.4 is 4.57 Å². The van der Waals surface area contributed by atoms with Gasteiger partial charge in [-0.3, -0.25) is 0 Å². The standard InChI is InChI=1S/C32H33N2/c1-19(2)15-21-10-12-25-26-11-9-20(3)29-31(26)34(27(25)16-21)28-18-24(22-7-5-6-8-22)17-23-13-14-33(4)32(29)30(23)28/h9-14,16-19,22H,5-8,15H2,1-4H3/q+1. The fraction of sp³-hybridized carbons (Fsp3) is 0.344. The van der Waals surface area contributed by atoms with Crippen molar-refractivity contribution in [3.63, 3.8) is 0 Å². The van der Waals surface area contributed by atoms with E-state index in [-0.39, 0.29) is 0 Å². The first-order chi connectivity index (χ1) is 16.5. The zero-order chi connectivity index (χ0) is 23.1. The summed E-state index contributed by atoms with van der Waals surface area (Å²) < 4.78 is 4.96. The van der Waals surface area contributed by atoms with Gasteiger partial charge in [-0.05, 0) is 72.2 Å². The van der Waals surface area contributed by atoms with Crippen molar-refractivity contribution in [2.45, 2.75) is 58.8 Å². The highest BCUT2D eigenvalue weighted by atomic mass is 15.0. The molecule has 1 fully saturated rings. The van der Waals surface area contributed by atoms with Gasteiger partial charge in [-0.15, -0.1) is 0 Å². The summed E-state index contributed by atoms with van der Waals surface area (Å²) in [6, 6.07) is 19.2. The molecule has 0 N–H and O–H groups in total. The van der Waals surface area contributed by atoms with Gasteiger partial charge >= 0.3 is 0 Å². The first kappa shape index (κ1) is 20.3. The quantitative estimate of drug-likeness (QED) is 0.148. The van der Waals surface area contributed by atoms with Crippen LogP contribution in [0.25, 0.3) is 49.0 Å². The molecule has 3 aromatic carbocycles. The highest BCUT2D eigenvalue weighted by Gasteiger charge is 2.26. The summed E-state index contributed by atoms with van der Waals surface area (Å²) in [4.78, 5) is 0. The van der Waals surface area contributed by atoms with Crippen LogP contribution in [0.15, 0.2) is 54.7 Å². The number of rotatable bonds is 3. The summed E-state index contributed by atoms with van der Waals surface area (Å²) in [7, 11) is 2.21. The Morgan fingerprint density at radius 1 is 0.912 bits per heavy atom. The van der Waals surface area contributed by atoms with Crippen LogP contribution in [-0.2, 0) is 13.5 Å². The minimum atomic E-state index is 0.651. The molecule has 1 aliphatic carbocycles. The van der Waals surface area contributed by atoms with E-state index in [1.54, 1.807) is 0 Å². The lowest BCUT2D eigenvalue weighted by Crippen LogP contribution is -2.29. The van der Waals surface area contributed by atoms with Crippen molar-refractivity contribution in [1.29, 1.82) is 0 Å². The van der Waals surface area contributed by atoms with Gasteiger partial charge in [0.1, 0.15) is 7.05 Å². The van der Waals surface area contributed by atoms with E-state index in [2.05, 4.69) is 91.5 Å². The maximum atomic E-state index is 2.62. The molecule has 170 valence electrons. The number of benzene rings is 3. The van der Waals surface area contributed by atoms with Gasteiger partial charge in [0, 0.05) is 16.8 Å². The monoisotopic (exact) mass is 445 g/mol. The van der Waals surface area contributed by atoms with Crippen molar-refractivity contribution in [3.8, 4) is 0 Å². The summed E-state index contributed by atoms with van der Waals surface area (Å²) in [6.07, 6.45) is 8.77. The maximum Gasteiger partial charge on any atom is 0.224 e. The molecule has 0 atom stereocenters. The van der Waals surface area contributed by atoms with E-state index in [0.29, 0.717) is 11.8 Å². The zero-order valence-corrected chi connectivity index (χ0v) is 20.8. The average Bonchev–Trinajstić information content (AvgIpc) is 3.46. The molecule has 0 saturated heterocycles. The van der Waals surface area contributed by atoms with Crippen LogP contribution in [0.2, 0.25) is 0 Å². The topological polar surface area (TPSA) is 8.29 Å². The van der Waals surface area contributed by atoms with Gasteiger partial charge in [0.05, 0.1) is 27.3 Å². The Bertz CT molecular complexity index is 1730. The average molecular weight is 446 g/mol. The summed E-state index contributed by atoms with van der Waals surface area (Å²) in [5.74, 6) is 1.35. The molecule has 0 radical (unpaired) electrons. The molecule has 7 rings (SSSR count). The Labute approximate surface area is 201 Å². The normalized spacial score (nSPS) is 15.4. The van der Waals surface area contributed by atoms with E-state index in [4.69, 9.17) is 0 Å². The number of aromatic nitrogens is 2. The number of hydrogen-bond donors (Lipinski definition) is 0. The number of fused-ring (bicyclic) bond motifs is 5. The molecule has 0 bridgehead atoms. The van der Waals surface area contributed by atoms with Crippen molar-refractivity contribution < 1.29 is 4.57 Å². The summed E-state index contributed by atoms with van der Waals surface area (Å²) in [5.41, 5.74) is 9.82. The Balaban J connectivity index is 1.74. The van der Waals surface area contributed by atoms with Crippen molar-refractivity contribution >= 4 is 49.0 Å². The number of hydrogen-bond acceptors (Lipinski definition) is 0. The Morgan fingerprint density at radius 3 is 2.50 bits per heavy atom. The third-order valence-corrected chi connectivity index (χ3v) is 8.39. The fourth-order valence-electron chi connectivity index (χ4n) is 6.88. The summed E-state index contributed by atoms with van der Waals surface area (Å²) in [5, 5.41) is 6.93. The van der Waals surface area contributed by atoms with Gasteiger partial charge in [-0.2, -0.15) is 0 Å². The molecule has 0 spiro atoms. The van der Waals surface area contributed by atoms with Gasteiger partial charge in [0.15, 0.2) is 6.20 Å².